The Kier molecular flexibility index (Phi) is 2.91. The van der Waals surface area contributed by atoms with Gasteiger partial charge in [0.2, 0.25) is 10.5 Å². The zero-order valence-corrected chi connectivity index (χ0v) is 9.65. The number of amides is 1. The molecule has 0 aromatic carbocycles. The molecule has 0 spiro atoms. The fraction of sp³-hybridized carbons (Fsp3) is 0.200. The molecule has 1 N–H and O–H groups in total. The lowest BCUT2D eigenvalue weighted by Crippen LogP contribution is -2.23. The van der Waals surface area contributed by atoms with Gasteiger partial charge in [0.25, 0.3) is 0 Å². The van der Waals surface area contributed by atoms with Crippen LogP contribution in [0.1, 0.15) is 0 Å². The van der Waals surface area contributed by atoms with Gasteiger partial charge in [-0.2, -0.15) is 0 Å². The molecule has 4 nitrogen and oxygen atoms in total. The molecule has 0 atom stereocenters. The highest BCUT2D eigenvalue weighted by Gasteiger charge is 2.25. The van der Waals surface area contributed by atoms with E-state index in [2.05, 4.69) is 30.9 Å². The number of hydrogen-bond donors (Lipinski definition) is 1. The number of rotatable bonds is 2. The van der Waals surface area contributed by atoms with Gasteiger partial charge in [-0.1, -0.05) is 17.3 Å². The summed E-state index contributed by atoms with van der Waals surface area (Å²) in [5, 5.41) is 6.08. The van der Waals surface area contributed by atoms with Crippen molar-refractivity contribution >= 4 is 27.7 Å². The minimum Gasteiger partial charge on any atom is -0.363 e. The first-order valence-corrected chi connectivity index (χ1v) is 5.34. The Labute approximate surface area is 99.3 Å². The summed E-state index contributed by atoms with van der Waals surface area (Å²) in [6.45, 7) is 0. The SMILES string of the molecule is O=C(Nc1ccon1)C1C=CC(F)(Br)C=C1. The van der Waals surface area contributed by atoms with Crippen LogP contribution in [0.3, 0.4) is 0 Å². The second-order valence-corrected chi connectivity index (χ2v) is 4.51. The lowest BCUT2D eigenvalue weighted by atomic mass is 10.0. The van der Waals surface area contributed by atoms with Crippen molar-refractivity contribution in [2.24, 2.45) is 5.92 Å². The van der Waals surface area contributed by atoms with Crippen molar-refractivity contribution in [3.8, 4) is 0 Å². The molecular formula is C10H8BrFN2O2. The van der Waals surface area contributed by atoms with Crippen LogP contribution in [-0.2, 0) is 4.79 Å². The van der Waals surface area contributed by atoms with Crippen LogP contribution in [0.2, 0.25) is 0 Å². The van der Waals surface area contributed by atoms with Gasteiger partial charge in [0.15, 0.2) is 5.82 Å². The lowest BCUT2D eigenvalue weighted by molar-refractivity contribution is -0.117. The first-order chi connectivity index (χ1) is 7.57. The van der Waals surface area contributed by atoms with Crippen LogP contribution in [0.4, 0.5) is 10.2 Å². The van der Waals surface area contributed by atoms with Gasteiger partial charge in [0.1, 0.15) is 6.26 Å². The summed E-state index contributed by atoms with van der Waals surface area (Å²) in [6, 6.07) is 1.53. The number of anilines is 1. The van der Waals surface area contributed by atoms with Crippen molar-refractivity contribution < 1.29 is 13.7 Å². The second-order valence-electron chi connectivity index (χ2n) is 3.29. The summed E-state index contributed by atoms with van der Waals surface area (Å²) in [4.78, 5) is 11.6. The third-order valence-electron chi connectivity index (χ3n) is 2.04. The van der Waals surface area contributed by atoms with Crippen molar-refractivity contribution in [2.75, 3.05) is 5.32 Å². The average molecular weight is 287 g/mol. The van der Waals surface area contributed by atoms with E-state index in [0.29, 0.717) is 5.82 Å². The van der Waals surface area contributed by atoms with Gasteiger partial charge in [-0.05, 0) is 28.1 Å². The van der Waals surface area contributed by atoms with Crippen LogP contribution in [0, 0.1) is 5.92 Å². The van der Waals surface area contributed by atoms with Crippen LogP contribution in [0.5, 0.6) is 0 Å². The van der Waals surface area contributed by atoms with Crippen molar-refractivity contribution in [1.29, 1.82) is 0 Å². The van der Waals surface area contributed by atoms with E-state index in [-0.39, 0.29) is 5.91 Å². The highest BCUT2D eigenvalue weighted by molar-refractivity contribution is 9.10. The maximum Gasteiger partial charge on any atom is 0.236 e. The normalized spacial score (nSPS) is 28.0. The zero-order valence-electron chi connectivity index (χ0n) is 8.06. The van der Waals surface area contributed by atoms with Gasteiger partial charge < -0.3 is 9.84 Å². The molecule has 0 bridgehead atoms. The van der Waals surface area contributed by atoms with Crippen molar-refractivity contribution in [1.82, 2.24) is 5.16 Å². The third kappa shape index (κ3) is 2.57. The minimum atomic E-state index is -1.66. The molecule has 0 saturated heterocycles. The maximum atomic E-state index is 13.3. The molecule has 6 heteroatoms. The van der Waals surface area contributed by atoms with Crippen LogP contribution < -0.4 is 5.32 Å². The first kappa shape index (κ1) is 11.1. The molecule has 2 rings (SSSR count). The van der Waals surface area contributed by atoms with E-state index >= 15 is 0 Å². The van der Waals surface area contributed by atoms with E-state index in [9.17, 15) is 9.18 Å². The molecule has 1 heterocycles. The summed E-state index contributed by atoms with van der Waals surface area (Å²) < 4.78 is 16.2. The Hall–Kier alpha value is -1.43. The monoisotopic (exact) mass is 286 g/mol. The van der Waals surface area contributed by atoms with E-state index in [0.717, 1.165) is 0 Å². The first-order valence-electron chi connectivity index (χ1n) is 4.55. The Bertz CT molecular complexity index is 424. The summed E-state index contributed by atoms with van der Waals surface area (Å²) in [5.41, 5.74) is 0. The van der Waals surface area contributed by atoms with E-state index in [1.807, 2.05) is 0 Å². The van der Waals surface area contributed by atoms with Crippen LogP contribution in [-0.4, -0.2) is 15.6 Å². The highest BCUT2D eigenvalue weighted by atomic mass is 79.9. The average Bonchev–Trinajstić information content (AvgIpc) is 2.70. The predicted molar refractivity (Wildman–Crippen MR) is 59.7 cm³/mol. The molecule has 0 unspecified atom stereocenters. The van der Waals surface area contributed by atoms with Gasteiger partial charge in [0, 0.05) is 6.07 Å². The topological polar surface area (TPSA) is 55.1 Å². The number of halogens is 2. The minimum absolute atomic E-state index is 0.288. The maximum absolute atomic E-state index is 13.3. The van der Waals surface area contributed by atoms with Gasteiger partial charge in [0.05, 0.1) is 5.92 Å². The number of nitrogens with one attached hydrogen (secondary N) is 1. The number of carbonyl (C=O) groups excluding carboxylic acids is 1. The molecule has 1 aromatic rings. The molecule has 1 aliphatic carbocycles. The number of aromatic nitrogens is 1. The number of alkyl halides is 2. The Morgan fingerprint density at radius 1 is 1.56 bits per heavy atom. The van der Waals surface area contributed by atoms with Crippen molar-refractivity contribution in [3.05, 3.63) is 36.6 Å². The summed E-state index contributed by atoms with van der Waals surface area (Å²) in [7, 11) is 0. The Morgan fingerprint density at radius 2 is 2.25 bits per heavy atom. The Balaban J connectivity index is 2.00. The van der Waals surface area contributed by atoms with Crippen molar-refractivity contribution in [3.63, 3.8) is 0 Å². The van der Waals surface area contributed by atoms with Gasteiger partial charge in [-0.15, -0.1) is 0 Å². The number of carbonyl (C=O) groups is 1. The van der Waals surface area contributed by atoms with Gasteiger partial charge in [-0.25, -0.2) is 4.39 Å². The van der Waals surface area contributed by atoms with E-state index in [1.54, 1.807) is 0 Å². The van der Waals surface area contributed by atoms with Crippen LogP contribution in [0.15, 0.2) is 41.2 Å². The predicted octanol–water partition coefficient (Wildman–Crippen LogP) is 2.42. The number of hydrogen-bond acceptors (Lipinski definition) is 3. The zero-order chi connectivity index (χ0) is 11.6. The molecule has 1 amide bonds. The quantitative estimate of drug-likeness (QED) is 0.671. The molecule has 1 aliphatic rings. The molecule has 0 radical (unpaired) electrons. The largest absolute Gasteiger partial charge is 0.363 e. The Morgan fingerprint density at radius 3 is 2.81 bits per heavy atom. The van der Waals surface area contributed by atoms with E-state index < -0.39 is 10.5 Å². The van der Waals surface area contributed by atoms with Crippen LogP contribution >= 0.6 is 15.9 Å². The van der Waals surface area contributed by atoms with Gasteiger partial charge in [-0.3, -0.25) is 4.79 Å². The molecule has 0 saturated carbocycles. The summed E-state index contributed by atoms with van der Waals surface area (Å²) in [6.07, 6.45) is 6.86. The van der Waals surface area contributed by atoms with E-state index in [1.165, 1.54) is 36.6 Å². The summed E-state index contributed by atoms with van der Waals surface area (Å²) in [5.74, 6) is -0.453. The second kappa shape index (κ2) is 4.21. The molecule has 84 valence electrons. The third-order valence-corrected chi connectivity index (χ3v) is 2.57. The highest BCUT2D eigenvalue weighted by Crippen LogP contribution is 2.28. The van der Waals surface area contributed by atoms with E-state index in [4.69, 9.17) is 0 Å². The molecular weight excluding hydrogens is 279 g/mol. The fourth-order valence-corrected chi connectivity index (χ4v) is 1.55. The standard InChI is InChI=1S/C10H8BrFN2O2/c11-10(12)4-1-7(2-5-10)9(15)13-8-3-6-16-14-8/h1-7H,(H,13,14,15). The number of nitrogens with zero attached hydrogens (tertiary/aromatic N) is 1. The van der Waals surface area contributed by atoms with Crippen LogP contribution in [0.25, 0.3) is 0 Å². The lowest BCUT2D eigenvalue weighted by Gasteiger charge is -2.16. The summed E-state index contributed by atoms with van der Waals surface area (Å²) >= 11 is 2.83. The molecule has 0 fully saturated rings. The smallest absolute Gasteiger partial charge is 0.236 e. The van der Waals surface area contributed by atoms with Crippen molar-refractivity contribution in [2.45, 2.75) is 4.58 Å². The fourth-order valence-electron chi connectivity index (χ4n) is 1.24. The van der Waals surface area contributed by atoms with Gasteiger partial charge >= 0.3 is 0 Å². The molecule has 0 aliphatic heterocycles. The molecule has 1 aromatic heterocycles. The molecule has 16 heavy (non-hydrogen) atoms. The number of allylic oxidation sites excluding steroid dienone is 2.